The van der Waals surface area contributed by atoms with E-state index in [0.29, 0.717) is 6.54 Å². The zero-order chi connectivity index (χ0) is 14.1. The largest absolute Gasteiger partial charge is 0.399 e. The number of thiophene rings is 1. The minimum Gasteiger partial charge on any atom is -0.399 e. The van der Waals surface area contributed by atoms with Crippen molar-refractivity contribution in [3.8, 4) is 0 Å². The molecule has 0 unspecified atom stereocenters. The van der Waals surface area contributed by atoms with E-state index in [0.717, 1.165) is 30.0 Å². The zero-order valence-corrected chi connectivity index (χ0v) is 12.4. The maximum absolute atomic E-state index is 12.5. The van der Waals surface area contributed by atoms with E-state index >= 15 is 0 Å². The summed E-state index contributed by atoms with van der Waals surface area (Å²) in [4.78, 5) is 16.6. The van der Waals surface area contributed by atoms with Crippen molar-refractivity contribution in [1.29, 1.82) is 0 Å². The summed E-state index contributed by atoms with van der Waals surface area (Å²) in [6, 6.07) is 9.99. The molecule has 20 heavy (non-hydrogen) atoms. The standard InChI is InChI=1S/C16H18N2OS/c1-2-14-5-6-15(20-14)16(19)18-8-7-11-3-4-13(17)9-12(11)10-18/h3-6,9H,2,7-8,10,17H2,1H3. The van der Waals surface area contributed by atoms with E-state index in [9.17, 15) is 4.79 Å². The van der Waals surface area contributed by atoms with Crippen LogP contribution in [0, 0.1) is 0 Å². The predicted octanol–water partition coefficient (Wildman–Crippen LogP) is 3.09. The molecule has 0 bridgehead atoms. The molecule has 0 radical (unpaired) electrons. The van der Waals surface area contributed by atoms with Crippen LogP contribution >= 0.6 is 11.3 Å². The second-order valence-corrected chi connectivity index (χ2v) is 6.29. The van der Waals surface area contributed by atoms with Crippen molar-refractivity contribution in [1.82, 2.24) is 4.90 Å². The number of aryl methyl sites for hydroxylation is 1. The summed E-state index contributed by atoms with van der Waals surface area (Å²) >= 11 is 1.60. The Bertz CT molecular complexity index is 648. The van der Waals surface area contributed by atoms with Gasteiger partial charge in [-0.2, -0.15) is 0 Å². The van der Waals surface area contributed by atoms with Gasteiger partial charge in [0.1, 0.15) is 0 Å². The van der Waals surface area contributed by atoms with Gasteiger partial charge in [-0.3, -0.25) is 4.79 Å². The van der Waals surface area contributed by atoms with E-state index in [1.54, 1.807) is 11.3 Å². The van der Waals surface area contributed by atoms with Gasteiger partial charge in [-0.05, 0) is 48.2 Å². The SMILES string of the molecule is CCc1ccc(C(=O)N2CCc3ccc(N)cc3C2)s1. The van der Waals surface area contributed by atoms with Crippen LogP contribution in [0.3, 0.4) is 0 Å². The van der Waals surface area contributed by atoms with Gasteiger partial charge in [-0.1, -0.05) is 13.0 Å². The van der Waals surface area contributed by atoms with Crippen molar-refractivity contribution in [3.05, 3.63) is 51.2 Å². The highest BCUT2D eigenvalue weighted by Gasteiger charge is 2.22. The molecule has 1 aliphatic heterocycles. The molecule has 1 aliphatic rings. The van der Waals surface area contributed by atoms with Gasteiger partial charge >= 0.3 is 0 Å². The topological polar surface area (TPSA) is 46.3 Å². The number of fused-ring (bicyclic) bond motifs is 1. The van der Waals surface area contributed by atoms with Crippen molar-refractivity contribution >= 4 is 22.9 Å². The summed E-state index contributed by atoms with van der Waals surface area (Å²) in [6.07, 6.45) is 1.89. The van der Waals surface area contributed by atoms with Crippen LogP contribution in [0.4, 0.5) is 5.69 Å². The second-order valence-electron chi connectivity index (χ2n) is 5.12. The van der Waals surface area contributed by atoms with Crippen LogP contribution in [0.25, 0.3) is 0 Å². The highest BCUT2D eigenvalue weighted by molar-refractivity contribution is 7.14. The molecule has 0 aliphatic carbocycles. The van der Waals surface area contributed by atoms with Crippen LogP contribution < -0.4 is 5.73 Å². The fourth-order valence-electron chi connectivity index (χ4n) is 2.59. The molecule has 2 aromatic rings. The highest BCUT2D eigenvalue weighted by Crippen LogP contribution is 2.25. The summed E-state index contributed by atoms with van der Waals surface area (Å²) in [5.41, 5.74) is 9.09. The van der Waals surface area contributed by atoms with Gasteiger partial charge in [0.05, 0.1) is 4.88 Å². The van der Waals surface area contributed by atoms with E-state index in [1.807, 2.05) is 29.2 Å². The number of rotatable bonds is 2. The molecule has 1 amide bonds. The molecule has 2 heterocycles. The number of hydrogen-bond donors (Lipinski definition) is 1. The third kappa shape index (κ3) is 2.43. The number of hydrogen-bond acceptors (Lipinski definition) is 3. The van der Waals surface area contributed by atoms with Crippen LogP contribution in [0.2, 0.25) is 0 Å². The van der Waals surface area contributed by atoms with Gasteiger partial charge < -0.3 is 10.6 Å². The summed E-state index contributed by atoms with van der Waals surface area (Å²) in [7, 11) is 0. The summed E-state index contributed by atoms with van der Waals surface area (Å²) in [6.45, 7) is 3.56. The monoisotopic (exact) mass is 286 g/mol. The first-order valence-electron chi connectivity index (χ1n) is 6.92. The maximum Gasteiger partial charge on any atom is 0.264 e. The van der Waals surface area contributed by atoms with Crippen molar-refractivity contribution in [2.45, 2.75) is 26.3 Å². The second kappa shape index (κ2) is 5.29. The molecule has 4 heteroatoms. The van der Waals surface area contributed by atoms with Gasteiger partial charge in [0.25, 0.3) is 5.91 Å². The molecule has 0 atom stereocenters. The minimum atomic E-state index is 0.141. The van der Waals surface area contributed by atoms with Crippen molar-refractivity contribution < 1.29 is 4.79 Å². The Morgan fingerprint density at radius 1 is 1.30 bits per heavy atom. The number of nitrogens with zero attached hydrogens (tertiary/aromatic N) is 1. The quantitative estimate of drug-likeness (QED) is 0.862. The average molecular weight is 286 g/mol. The van der Waals surface area contributed by atoms with Gasteiger partial charge in [0, 0.05) is 23.7 Å². The first-order valence-corrected chi connectivity index (χ1v) is 7.74. The van der Waals surface area contributed by atoms with E-state index < -0.39 is 0 Å². The fraction of sp³-hybridized carbons (Fsp3) is 0.312. The van der Waals surface area contributed by atoms with Crippen LogP contribution in [-0.4, -0.2) is 17.4 Å². The normalized spacial score (nSPS) is 14.2. The number of anilines is 1. The third-order valence-corrected chi connectivity index (χ3v) is 4.97. The molecular weight excluding hydrogens is 268 g/mol. The van der Waals surface area contributed by atoms with E-state index in [4.69, 9.17) is 5.73 Å². The zero-order valence-electron chi connectivity index (χ0n) is 11.6. The van der Waals surface area contributed by atoms with Crippen LogP contribution in [0.5, 0.6) is 0 Å². The number of carbonyl (C=O) groups excluding carboxylic acids is 1. The molecule has 1 aromatic heterocycles. The van der Waals surface area contributed by atoms with E-state index in [-0.39, 0.29) is 5.91 Å². The Hall–Kier alpha value is -1.81. The number of carbonyl (C=O) groups is 1. The Balaban J connectivity index is 1.80. The molecule has 2 N–H and O–H groups in total. The minimum absolute atomic E-state index is 0.141. The van der Waals surface area contributed by atoms with Gasteiger partial charge in [-0.25, -0.2) is 0 Å². The molecule has 104 valence electrons. The van der Waals surface area contributed by atoms with Crippen LogP contribution in [-0.2, 0) is 19.4 Å². The Morgan fingerprint density at radius 3 is 2.90 bits per heavy atom. The fourth-order valence-corrected chi connectivity index (χ4v) is 3.50. The molecule has 0 saturated heterocycles. The lowest BCUT2D eigenvalue weighted by Crippen LogP contribution is -2.35. The summed E-state index contributed by atoms with van der Waals surface area (Å²) in [5, 5.41) is 0. The van der Waals surface area contributed by atoms with E-state index in [1.165, 1.54) is 16.0 Å². The highest BCUT2D eigenvalue weighted by atomic mass is 32.1. The lowest BCUT2D eigenvalue weighted by atomic mass is 9.99. The number of nitrogens with two attached hydrogens (primary N) is 1. The van der Waals surface area contributed by atoms with Gasteiger partial charge in [0.2, 0.25) is 0 Å². The molecular formula is C16H18N2OS. The number of benzene rings is 1. The number of nitrogen functional groups attached to an aromatic ring is 1. The summed E-state index contributed by atoms with van der Waals surface area (Å²) in [5.74, 6) is 0.141. The Kier molecular flexibility index (Phi) is 3.49. The predicted molar refractivity (Wildman–Crippen MR) is 83.0 cm³/mol. The number of amides is 1. The van der Waals surface area contributed by atoms with E-state index in [2.05, 4.69) is 13.0 Å². The van der Waals surface area contributed by atoms with Crippen LogP contribution in [0.15, 0.2) is 30.3 Å². The smallest absolute Gasteiger partial charge is 0.264 e. The molecule has 3 rings (SSSR count). The van der Waals surface area contributed by atoms with Crippen molar-refractivity contribution in [2.24, 2.45) is 0 Å². The van der Waals surface area contributed by atoms with Gasteiger partial charge in [-0.15, -0.1) is 11.3 Å². The maximum atomic E-state index is 12.5. The first-order chi connectivity index (χ1) is 9.67. The summed E-state index contributed by atoms with van der Waals surface area (Å²) < 4.78 is 0. The lowest BCUT2D eigenvalue weighted by molar-refractivity contribution is 0.0739. The molecule has 0 saturated carbocycles. The first kappa shape index (κ1) is 13.2. The lowest BCUT2D eigenvalue weighted by Gasteiger charge is -2.28. The molecule has 1 aromatic carbocycles. The third-order valence-electron chi connectivity index (χ3n) is 3.75. The van der Waals surface area contributed by atoms with Crippen molar-refractivity contribution in [2.75, 3.05) is 12.3 Å². The average Bonchev–Trinajstić information content (AvgIpc) is 2.94. The Morgan fingerprint density at radius 2 is 2.15 bits per heavy atom. The molecule has 3 nitrogen and oxygen atoms in total. The Labute approximate surface area is 123 Å². The van der Waals surface area contributed by atoms with Crippen LogP contribution in [0.1, 0.15) is 32.6 Å². The van der Waals surface area contributed by atoms with Crippen molar-refractivity contribution in [3.63, 3.8) is 0 Å². The molecule has 0 spiro atoms. The van der Waals surface area contributed by atoms with Gasteiger partial charge in [0.15, 0.2) is 0 Å². The molecule has 0 fully saturated rings.